The molecule has 0 fully saturated rings. The minimum absolute atomic E-state index is 0.166. The van der Waals surface area contributed by atoms with Gasteiger partial charge >= 0.3 is 0 Å². The van der Waals surface area contributed by atoms with Gasteiger partial charge in [-0.2, -0.15) is 0 Å². The zero-order chi connectivity index (χ0) is 8.53. The first-order valence-corrected chi connectivity index (χ1v) is 4.24. The van der Waals surface area contributed by atoms with Crippen molar-refractivity contribution < 1.29 is 4.74 Å². The topological polar surface area (TPSA) is 9.23 Å². The Kier molecular flexibility index (Phi) is 6.90. The second-order valence-corrected chi connectivity index (χ2v) is 2.57. The SMILES string of the molecule is C=COC(C=C)CCCCC. The normalized spacial score (nSPS) is 12.1. The molecule has 0 aliphatic heterocycles. The Bertz CT molecular complexity index is 107. The molecule has 0 aliphatic carbocycles. The summed E-state index contributed by atoms with van der Waals surface area (Å²) in [4.78, 5) is 0. The average molecular weight is 154 g/mol. The molecule has 0 aromatic rings. The Labute approximate surface area is 69.8 Å². The van der Waals surface area contributed by atoms with Crippen LogP contribution in [0.2, 0.25) is 0 Å². The maximum absolute atomic E-state index is 5.18. The van der Waals surface area contributed by atoms with E-state index in [9.17, 15) is 0 Å². The van der Waals surface area contributed by atoms with Crippen LogP contribution in [0.5, 0.6) is 0 Å². The quantitative estimate of drug-likeness (QED) is 0.310. The molecule has 1 nitrogen and oxygen atoms in total. The zero-order valence-corrected chi connectivity index (χ0v) is 7.38. The van der Waals surface area contributed by atoms with E-state index in [1.54, 1.807) is 0 Å². The third-order valence-electron chi connectivity index (χ3n) is 1.63. The van der Waals surface area contributed by atoms with Crippen LogP contribution in [-0.4, -0.2) is 6.10 Å². The highest BCUT2D eigenvalue weighted by atomic mass is 16.5. The summed E-state index contributed by atoms with van der Waals surface area (Å²) < 4.78 is 5.18. The maximum Gasteiger partial charge on any atom is 0.116 e. The summed E-state index contributed by atoms with van der Waals surface area (Å²) >= 11 is 0. The van der Waals surface area contributed by atoms with Gasteiger partial charge in [-0.3, -0.25) is 0 Å². The summed E-state index contributed by atoms with van der Waals surface area (Å²) in [6.07, 6.45) is 8.27. The third-order valence-corrected chi connectivity index (χ3v) is 1.63. The molecule has 1 unspecified atom stereocenters. The molecule has 1 heteroatoms. The monoisotopic (exact) mass is 154 g/mol. The zero-order valence-electron chi connectivity index (χ0n) is 7.38. The van der Waals surface area contributed by atoms with Crippen molar-refractivity contribution in [3.05, 3.63) is 25.5 Å². The lowest BCUT2D eigenvalue weighted by Crippen LogP contribution is -2.04. The van der Waals surface area contributed by atoms with Crippen LogP contribution in [0.1, 0.15) is 32.6 Å². The van der Waals surface area contributed by atoms with Crippen molar-refractivity contribution in [3.63, 3.8) is 0 Å². The van der Waals surface area contributed by atoms with Gasteiger partial charge in [0.25, 0.3) is 0 Å². The van der Waals surface area contributed by atoms with Gasteiger partial charge < -0.3 is 4.74 Å². The first kappa shape index (κ1) is 10.3. The highest BCUT2D eigenvalue weighted by Gasteiger charge is 2.00. The maximum atomic E-state index is 5.18. The summed E-state index contributed by atoms with van der Waals surface area (Å²) in [6.45, 7) is 9.38. The Morgan fingerprint density at radius 2 is 2.09 bits per heavy atom. The molecular formula is C10H18O. The number of ether oxygens (including phenoxy) is 1. The van der Waals surface area contributed by atoms with Gasteiger partial charge in [-0.1, -0.05) is 39.0 Å². The molecule has 0 saturated carbocycles. The van der Waals surface area contributed by atoms with Gasteiger partial charge in [0.05, 0.1) is 6.26 Å². The molecule has 0 rings (SSSR count). The molecule has 0 aliphatic rings. The Hall–Kier alpha value is -0.720. The first-order chi connectivity index (χ1) is 5.35. The highest BCUT2D eigenvalue weighted by molar-refractivity contribution is 4.81. The fourth-order valence-electron chi connectivity index (χ4n) is 0.961. The largest absolute Gasteiger partial charge is 0.495 e. The van der Waals surface area contributed by atoms with Crippen LogP contribution < -0.4 is 0 Å². The van der Waals surface area contributed by atoms with E-state index in [2.05, 4.69) is 20.1 Å². The van der Waals surface area contributed by atoms with E-state index in [0.717, 1.165) is 6.42 Å². The van der Waals surface area contributed by atoms with E-state index in [-0.39, 0.29) is 6.10 Å². The fraction of sp³-hybridized carbons (Fsp3) is 0.600. The van der Waals surface area contributed by atoms with E-state index in [4.69, 9.17) is 4.74 Å². The van der Waals surface area contributed by atoms with Crippen molar-refractivity contribution in [2.24, 2.45) is 0 Å². The first-order valence-electron chi connectivity index (χ1n) is 4.24. The lowest BCUT2D eigenvalue weighted by atomic mass is 10.1. The van der Waals surface area contributed by atoms with E-state index >= 15 is 0 Å². The lowest BCUT2D eigenvalue weighted by Gasteiger charge is -2.10. The molecule has 11 heavy (non-hydrogen) atoms. The van der Waals surface area contributed by atoms with Crippen LogP contribution in [-0.2, 0) is 4.74 Å². The highest BCUT2D eigenvalue weighted by Crippen LogP contribution is 2.07. The standard InChI is InChI=1S/C10H18O/c1-4-7-8-9-10(5-2)11-6-3/h5-6,10H,2-4,7-9H2,1H3. The molecule has 0 bridgehead atoms. The molecule has 0 aromatic carbocycles. The van der Waals surface area contributed by atoms with E-state index in [1.807, 2.05) is 6.08 Å². The molecule has 0 spiro atoms. The number of hydrogen-bond donors (Lipinski definition) is 0. The predicted octanol–water partition coefficient (Wildman–Crippen LogP) is 3.28. The molecule has 0 saturated heterocycles. The molecule has 64 valence electrons. The summed E-state index contributed by atoms with van der Waals surface area (Å²) in [6, 6.07) is 0. The van der Waals surface area contributed by atoms with Crippen LogP contribution in [0.15, 0.2) is 25.5 Å². The van der Waals surface area contributed by atoms with Crippen molar-refractivity contribution in [1.29, 1.82) is 0 Å². The van der Waals surface area contributed by atoms with Crippen LogP contribution in [0.4, 0.5) is 0 Å². The summed E-state index contributed by atoms with van der Waals surface area (Å²) in [7, 11) is 0. The van der Waals surface area contributed by atoms with Crippen molar-refractivity contribution in [2.75, 3.05) is 0 Å². The van der Waals surface area contributed by atoms with E-state index in [0.29, 0.717) is 0 Å². The average Bonchev–Trinajstić information content (AvgIpc) is 2.03. The smallest absolute Gasteiger partial charge is 0.116 e. The Morgan fingerprint density at radius 1 is 1.36 bits per heavy atom. The minimum atomic E-state index is 0.166. The molecular weight excluding hydrogens is 136 g/mol. The number of unbranched alkanes of at least 4 members (excludes halogenated alkanes) is 2. The summed E-state index contributed by atoms with van der Waals surface area (Å²) in [5, 5.41) is 0. The molecule has 0 N–H and O–H groups in total. The Balaban J connectivity index is 3.35. The molecule has 0 heterocycles. The van der Waals surface area contributed by atoms with Gasteiger partial charge in [-0.25, -0.2) is 0 Å². The minimum Gasteiger partial charge on any atom is -0.495 e. The third kappa shape index (κ3) is 5.71. The molecule has 0 aromatic heterocycles. The van der Waals surface area contributed by atoms with Crippen molar-refractivity contribution in [2.45, 2.75) is 38.7 Å². The number of rotatable bonds is 7. The predicted molar refractivity (Wildman–Crippen MR) is 49.4 cm³/mol. The van der Waals surface area contributed by atoms with Crippen LogP contribution >= 0.6 is 0 Å². The van der Waals surface area contributed by atoms with Crippen molar-refractivity contribution >= 4 is 0 Å². The van der Waals surface area contributed by atoms with Crippen molar-refractivity contribution in [1.82, 2.24) is 0 Å². The lowest BCUT2D eigenvalue weighted by molar-refractivity contribution is 0.175. The molecule has 1 atom stereocenters. The van der Waals surface area contributed by atoms with Crippen molar-refractivity contribution in [3.8, 4) is 0 Å². The molecule has 0 amide bonds. The number of hydrogen-bond acceptors (Lipinski definition) is 1. The van der Waals surface area contributed by atoms with Gasteiger partial charge in [0.2, 0.25) is 0 Å². The molecule has 0 radical (unpaired) electrons. The second-order valence-electron chi connectivity index (χ2n) is 2.57. The van der Waals surface area contributed by atoms with Gasteiger partial charge in [-0.05, 0) is 12.8 Å². The summed E-state index contributed by atoms with van der Waals surface area (Å²) in [5.74, 6) is 0. The van der Waals surface area contributed by atoms with Crippen LogP contribution in [0.3, 0.4) is 0 Å². The van der Waals surface area contributed by atoms with E-state index in [1.165, 1.54) is 25.5 Å². The van der Waals surface area contributed by atoms with Gasteiger partial charge in [0, 0.05) is 0 Å². The van der Waals surface area contributed by atoms with Crippen LogP contribution in [0, 0.1) is 0 Å². The van der Waals surface area contributed by atoms with E-state index < -0.39 is 0 Å². The second kappa shape index (κ2) is 7.39. The van der Waals surface area contributed by atoms with Gasteiger partial charge in [0.15, 0.2) is 0 Å². The van der Waals surface area contributed by atoms with Gasteiger partial charge in [-0.15, -0.1) is 0 Å². The summed E-state index contributed by atoms with van der Waals surface area (Å²) in [5.41, 5.74) is 0. The van der Waals surface area contributed by atoms with Gasteiger partial charge in [0.1, 0.15) is 6.10 Å². The Morgan fingerprint density at radius 3 is 2.55 bits per heavy atom. The van der Waals surface area contributed by atoms with Crippen LogP contribution in [0.25, 0.3) is 0 Å². The fourth-order valence-corrected chi connectivity index (χ4v) is 0.961.